The molecule has 0 atom stereocenters. The number of nitrogens with one attached hydrogen (secondary N) is 1. The number of sulfonamides is 1. The van der Waals surface area contributed by atoms with E-state index in [0.29, 0.717) is 22.6 Å². The second-order valence-electron chi connectivity index (χ2n) is 7.14. The summed E-state index contributed by atoms with van der Waals surface area (Å²) < 4.78 is 51.9. The molecule has 0 unspecified atom stereocenters. The molecule has 0 bridgehead atoms. The first-order chi connectivity index (χ1) is 15.3. The number of amides is 1. The molecule has 1 amide bonds. The summed E-state index contributed by atoms with van der Waals surface area (Å²) in [6.45, 7) is -0.275. The van der Waals surface area contributed by atoms with Gasteiger partial charge in [0, 0.05) is 17.7 Å². The van der Waals surface area contributed by atoms with Crippen molar-refractivity contribution < 1.29 is 27.1 Å². The molecule has 4 rings (SSSR count). The first-order valence-corrected chi connectivity index (χ1v) is 11.2. The van der Waals surface area contributed by atoms with Crippen LogP contribution in [0, 0.1) is 5.82 Å². The highest BCUT2D eigenvalue weighted by molar-refractivity contribution is 7.93. The SMILES string of the molecule is COc1ccc(CNC(=O)CN2c3ccc(F)cc3-c3ccccc3S2(=O)=O)cc1OC. The number of hydrogen-bond donors (Lipinski definition) is 1. The van der Waals surface area contributed by atoms with E-state index in [0.717, 1.165) is 9.87 Å². The van der Waals surface area contributed by atoms with E-state index >= 15 is 0 Å². The minimum Gasteiger partial charge on any atom is -0.493 e. The molecule has 7 nitrogen and oxygen atoms in total. The van der Waals surface area contributed by atoms with Gasteiger partial charge in [0.05, 0.1) is 24.8 Å². The summed E-state index contributed by atoms with van der Waals surface area (Å²) in [5, 5.41) is 2.72. The van der Waals surface area contributed by atoms with E-state index in [9.17, 15) is 17.6 Å². The smallest absolute Gasteiger partial charge is 0.265 e. The highest BCUT2D eigenvalue weighted by Gasteiger charge is 2.36. The molecule has 1 aliphatic heterocycles. The number of fused-ring (bicyclic) bond motifs is 3. The Morgan fingerprint density at radius 2 is 1.72 bits per heavy atom. The van der Waals surface area contributed by atoms with Gasteiger partial charge < -0.3 is 14.8 Å². The molecular weight excluding hydrogens is 435 g/mol. The van der Waals surface area contributed by atoms with Crippen molar-refractivity contribution in [1.82, 2.24) is 5.32 Å². The van der Waals surface area contributed by atoms with Crippen LogP contribution in [-0.4, -0.2) is 35.1 Å². The number of ether oxygens (including phenoxy) is 2. The van der Waals surface area contributed by atoms with Crippen LogP contribution < -0.4 is 19.1 Å². The Morgan fingerprint density at radius 1 is 0.969 bits per heavy atom. The molecule has 0 fully saturated rings. The maximum absolute atomic E-state index is 13.9. The van der Waals surface area contributed by atoms with Gasteiger partial charge in [0.1, 0.15) is 12.4 Å². The Balaban J connectivity index is 1.58. The van der Waals surface area contributed by atoms with Crippen LogP contribution in [0.2, 0.25) is 0 Å². The predicted molar refractivity (Wildman–Crippen MR) is 118 cm³/mol. The maximum Gasteiger partial charge on any atom is 0.265 e. The summed E-state index contributed by atoms with van der Waals surface area (Å²) in [6, 6.07) is 15.4. The molecule has 0 aromatic heterocycles. The molecule has 0 spiro atoms. The Labute approximate surface area is 185 Å². The fourth-order valence-corrected chi connectivity index (χ4v) is 5.30. The van der Waals surface area contributed by atoms with Crippen molar-refractivity contribution >= 4 is 21.6 Å². The second-order valence-corrected chi connectivity index (χ2v) is 8.97. The number of benzene rings is 3. The van der Waals surface area contributed by atoms with E-state index in [-0.39, 0.29) is 17.1 Å². The van der Waals surface area contributed by atoms with Gasteiger partial charge in [-0.3, -0.25) is 9.10 Å². The largest absolute Gasteiger partial charge is 0.493 e. The molecule has 3 aromatic rings. The summed E-state index contributed by atoms with van der Waals surface area (Å²) in [5.41, 5.74) is 1.84. The van der Waals surface area contributed by atoms with Crippen LogP contribution in [0.1, 0.15) is 5.56 Å². The van der Waals surface area contributed by atoms with Crippen molar-refractivity contribution in [1.29, 1.82) is 0 Å². The standard InChI is InChI=1S/C23H21FN2O5S/c1-30-20-10-7-15(11-21(20)31-2)13-25-23(27)14-26-19-9-8-16(24)12-18(19)17-5-3-4-6-22(17)32(26,28)29/h3-12H,13-14H2,1-2H3,(H,25,27). The minimum atomic E-state index is -3.99. The third-order valence-electron chi connectivity index (χ3n) is 5.20. The first kappa shape index (κ1) is 21.6. The number of carbonyl (C=O) groups is 1. The molecule has 0 saturated heterocycles. The van der Waals surface area contributed by atoms with E-state index in [1.54, 1.807) is 36.4 Å². The molecule has 32 heavy (non-hydrogen) atoms. The molecule has 166 valence electrons. The zero-order valence-corrected chi connectivity index (χ0v) is 18.3. The first-order valence-electron chi connectivity index (χ1n) is 9.74. The monoisotopic (exact) mass is 456 g/mol. The molecule has 1 aliphatic rings. The Morgan fingerprint density at radius 3 is 2.47 bits per heavy atom. The van der Waals surface area contributed by atoms with Gasteiger partial charge in [0.2, 0.25) is 5.91 Å². The third kappa shape index (κ3) is 3.87. The number of hydrogen-bond acceptors (Lipinski definition) is 5. The van der Waals surface area contributed by atoms with Gasteiger partial charge in [0.15, 0.2) is 11.5 Å². The average molecular weight is 456 g/mol. The maximum atomic E-state index is 13.9. The van der Waals surface area contributed by atoms with Crippen LogP contribution in [0.4, 0.5) is 10.1 Å². The second kappa shape index (κ2) is 8.51. The van der Waals surface area contributed by atoms with Crippen molar-refractivity contribution in [2.75, 3.05) is 25.1 Å². The Bertz CT molecular complexity index is 1290. The van der Waals surface area contributed by atoms with Gasteiger partial charge >= 0.3 is 0 Å². The number of methoxy groups -OCH3 is 2. The fraction of sp³-hybridized carbons (Fsp3) is 0.174. The van der Waals surface area contributed by atoms with E-state index in [4.69, 9.17) is 9.47 Å². The third-order valence-corrected chi connectivity index (χ3v) is 7.02. The van der Waals surface area contributed by atoms with Crippen molar-refractivity contribution in [3.63, 3.8) is 0 Å². The average Bonchev–Trinajstić information content (AvgIpc) is 2.80. The predicted octanol–water partition coefficient (Wildman–Crippen LogP) is 3.34. The number of carbonyl (C=O) groups excluding carboxylic acids is 1. The lowest BCUT2D eigenvalue weighted by molar-refractivity contribution is -0.119. The summed E-state index contributed by atoms with van der Waals surface area (Å²) in [4.78, 5) is 12.7. The highest BCUT2D eigenvalue weighted by atomic mass is 32.2. The molecule has 0 radical (unpaired) electrons. The topological polar surface area (TPSA) is 84.9 Å². The van der Waals surface area contributed by atoms with Gasteiger partial charge in [-0.25, -0.2) is 12.8 Å². The molecule has 9 heteroatoms. The van der Waals surface area contributed by atoms with Crippen LogP contribution in [0.3, 0.4) is 0 Å². The normalized spacial score (nSPS) is 13.7. The number of rotatable bonds is 6. The van der Waals surface area contributed by atoms with Crippen molar-refractivity contribution in [3.05, 3.63) is 72.0 Å². The van der Waals surface area contributed by atoms with Crippen LogP contribution in [0.25, 0.3) is 11.1 Å². The van der Waals surface area contributed by atoms with Crippen molar-refractivity contribution in [2.24, 2.45) is 0 Å². The van der Waals surface area contributed by atoms with Crippen LogP contribution in [-0.2, 0) is 21.4 Å². The summed E-state index contributed by atoms with van der Waals surface area (Å²) in [7, 11) is -0.952. The molecule has 3 aromatic carbocycles. The molecular formula is C23H21FN2O5S. The molecule has 0 aliphatic carbocycles. The minimum absolute atomic E-state index is 0.0331. The quantitative estimate of drug-likeness (QED) is 0.615. The lowest BCUT2D eigenvalue weighted by Gasteiger charge is -2.31. The number of anilines is 1. The van der Waals surface area contributed by atoms with E-state index in [1.807, 2.05) is 0 Å². The lowest BCUT2D eigenvalue weighted by Crippen LogP contribution is -2.42. The Kier molecular flexibility index (Phi) is 5.75. The van der Waals surface area contributed by atoms with Crippen molar-refractivity contribution in [2.45, 2.75) is 11.4 Å². The highest BCUT2D eigenvalue weighted by Crippen LogP contribution is 2.43. The Hall–Kier alpha value is -3.59. The summed E-state index contributed by atoms with van der Waals surface area (Å²) in [6.07, 6.45) is 0. The zero-order valence-electron chi connectivity index (χ0n) is 17.5. The zero-order chi connectivity index (χ0) is 22.9. The van der Waals surface area contributed by atoms with Gasteiger partial charge in [0.25, 0.3) is 10.0 Å². The summed E-state index contributed by atoms with van der Waals surface area (Å²) >= 11 is 0. The molecule has 1 N–H and O–H groups in total. The fourth-order valence-electron chi connectivity index (χ4n) is 3.65. The van der Waals surface area contributed by atoms with Crippen LogP contribution in [0.15, 0.2) is 65.6 Å². The van der Waals surface area contributed by atoms with E-state index in [1.165, 1.54) is 38.5 Å². The van der Waals surface area contributed by atoms with Gasteiger partial charge in [-0.05, 0) is 42.0 Å². The molecule has 0 saturated carbocycles. The lowest BCUT2D eigenvalue weighted by atomic mass is 10.0. The van der Waals surface area contributed by atoms with E-state index in [2.05, 4.69) is 5.32 Å². The summed E-state index contributed by atoms with van der Waals surface area (Å²) in [5.74, 6) is 0.0867. The van der Waals surface area contributed by atoms with Gasteiger partial charge in [-0.2, -0.15) is 0 Å². The molecule has 1 heterocycles. The van der Waals surface area contributed by atoms with Crippen LogP contribution >= 0.6 is 0 Å². The number of nitrogens with zero attached hydrogens (tertiary/aromatic N) is 1. The number of halogens is 1. The van der Waals surface area contributed by atoms with E-state index < -0.39 is 28.3 Å². The van der Waals surface area contributed by atoms with Gasteiger partial charge in [-0.1, -0.05) is 24.3 Å². The van der Waals surface area contributed by atoms with Gasteiger partial charge in [-0.15, -0.1) is 0 Å². The van der Waals surface area contributed by atoms with Crippen LogP contribution in [0.5, 0.6) is 11.5 Å². The van der Waals surface area contributed by atoms with Crippen molar-refractivity contribution in [3.8, 4) is 22.6 Å².